The number of hydrogen-bond donors (Lipinski definition) is 0. The van der Waals surface area contributed by atoms with Gasteiger partial charge in [0.05, 0.1) is 34.8 Å². The third-order valence-corrected chi connectivity index (χ3v) is 8.33. The predicted molar refractivity (Wildman–Crippen MR) is 166 cm³/mol. The van der Waals surface area contributed by atoms with Crippen LogP contribution in [0.4, 0.5) is 5.82 Å². The number of esters is 1. The van der Waals surface area contributed by atoms with Gasteiger partial charge in [-0.05, 0) is 71.0 Å². The molecule has 0 N–H and O–H groups in total. The molecule has 0 unspecified atom stereocenters. The molecule has 0 aliphatic carbocycles. The summed E-state index contributed by atoms with van der Waals surface area (Å²) >= 11 is 7.80. The number of hydrogen-bond acceptors (Lipinski definition) is 9. The maximum Gasteiger partial charge on any atom is 0.339 e. The SMILES string of the molecule is CCOC(=O)[C@@H](OC(C)(C)C)c1c(C)cc2nc(-c3cncc(N4CCN(C)CC4)n3)sc2c1-c1ccc(Cl)cc1. The van der Waals surface area contributed by atoms with E-state index in [9.17, 15) is 4.79 Å². The molecule has 4 aromatic rings. The first-order valence-electron chi connectivity index (χ1n) is 13.8. The second-order valence-electron chi connectivity index (χ2n) is 11.3. The van der Waals surface area contributed by atoms with E-state index < -0.39 is 17.7 Å². The Bertz CT molecular complexity index is 1540. The van der Waals surface area contributed by atoms with E-state index in [0.29, 0.717) is 5.02 Å². The van der Waals surface area contributed by atoms with Crippen molar-refractivity contribution < 1.29 is 14.3 Å². The predicted octanol–water partition coefficient (Wildman–Crippen LogP) is 6.55. The van der Waals surface area contributed by atoms with Crippen LogP contribution in [0.2, 0.25) is 5.02 Å². The highest BCUT2D eigenvalue weighted by atomic mass is 35.5. The fourth-order valence-corrected chi connectivity index (χ4v) is 6.21. The molecule has 0 radical (unpaired) electrons. The number of carbonyl (C=O) groups is 1. The average Bonchev–Trinajstić information content (AvgIpc) is 3.35. The number of thiazole rings is 1. The van der Waals surface area contributed by atoms with Gasteiger partial charge in [0, 0.05) is 42.3 Å². The molecule has 10 heteroatoms. The molecule has 1 atom stereocenters. The number of piperazine rings is 1. The van der Waals surface area contributed by atoms with Crippen LogP contribution in [0.3, 0.4) is 0 Å². The average molecular weight is 594 g/mol. The lowest BCUT2D eigenvalue weighted by Crippen LogP contribution is -2.44. The van der Waals surface area contributed by atoms with Crippen LogP contribution in [0.5, 0.6) is 0 Å². The lowest BCUT2D eigenvalue weighted by molar-refractivity contribution is -0.166. The first-order chi connectivity index (χ1) is 19.5. The molecule has 41 heavy (non-hydrogen) atoms. The lowest BCUT2D eigenvalue weighted by atomic mass is 9.91. The molecule has 3 heterocycles. The Balaban J connectivity index is 1.68. The second kappa shape index (κ2) is 12.0. The fraction of sp³-hybridized carbons (Fsp3) is 0.419. The summed E-state index contributed by atoms with van der Waals surface area (Å²) < 4.78 is 12.8. The van der Waals surface area contributed by atoms with E-state index in [1.807, 2.05) is 64.2 Å². The Morgan fingerprint density at radius 3 is 2.46 bits per heavy atom. The number of aryl methyl sites for hydroxylation is 1. The summed E-state index contributed by atoms with van der Waals surface area (Å²) in [6, 6.07) is 9.65. The number of aromatic nitrogens is 3. The Kier molecular flexibility index (Phi) is 8.61. The van der Waals surface area contributed by atoms with Crippen molar-refractivity contribution in [3.05, 3.63) is 58.9 Å². The monoisotopic (exact) mass is 593 g/mol. The molecule has 1 fully saturated rings. The number of ether oxygens (including phenoxy) is 2. The third-order valence-electron chi connectivity index (χ3n) is 6.96. The Morgan fingerprint density at radius 2 is 1.80 bits per heavy atom. The van der Waals surface area contributed by atoms with Crippen LogP contribution in [-0.4, -0.2) is 71.3 Å². The highest BCUT2D eigenvalue weighted by Gasteiger charge is 2.33. The molecule has 0 bridgehead atoms. The molecular weight excluding hydrogens is 558 g/mol. The van der Waals surface area contributed by atoms with Gasteiger partial charge in [-0.15, -0.1) is 11.3 Å². The molecule has 1 aliphatic heterocycles. The van der Waals surface area contributed by atoms with Gasteiger partial charge in [0.2, 0.25) is 0 Å². The summed E-state index contributed by atoms with van der Waals surface area (Å²) in [5.74, 6) is 0.432. The summed E-state index contributed by atoms with van der Waals surface area (Å²) in [6.45, 7) is 13.6. The number of benzene rings is 2. The smallest absolute Gasteiger partial charge is 0.339 e. The summed E-state index contributed by atoms with van der Waals surface area (Å²) in [4.78, 5) is 32.4. The second-order valence-corrected chi connectivity index (χ2v) is 12.7. The van der Waals surface area contributed by atoms with Gasteiger partial charge in [-0.25, -0.2) is 14.8 Å². The van der Waals surface area contributed by atoms with E-state index >= 15 is 0 Å². The molecule has 2 aromatic heterocycles. The largest absolute Gasteiger partial charge is 0.464 e. The van der Waals surface area contributed by atoms with Crippen molar-refractivity contribution in [3.8, 4) is 21.8 Å². The van der Waals surface area contributed by atoms with E-state index in [1.165, 1.54) is 11.3 Å². The summed E-state index contributed by atoms with van der Waals surface area (Å²) in [7, 11) is 2.13. The van der Waals surface area contributed by atoms with Crippen molar-refractivity contribution in [2.45, 2.75) is 46.3 Å². The van der Waals surface area contributed by atoms with Crippen LogP contribution in [0.15, 0.2) is 42.7 Å². The maximum atomic E-state index is 13.4. The van der Waals surface area contributed by atoms with Gasteiger partial charge >= 0.3 is 5.97 Å². The number of rotatable bonds is 7. The standard InChI is InChI=1S/C31H36ClN5O3S/c1-7-39-30(38)27(40-31(3,4)5)25-19(2)16-22-28(26(25)20-8-10-21(32)11-9-20)41-29(35-22)23-17-33-18-24(34-23)37-14-12-36(6)13-15-37/h8-11,16-18,27H,7,12-15H2,1-6H3/t27-/m0/s1. The molecule has 1 aliphatic rings. The van der Waals surface area contributed by atoms with Crippen molar-refractivity contribution >= 4 is 44.9 Å². The van der Waals surface area contributed by atoms with E-state index in [4.69, 9.17) is 31.0 Å². The third kappa shape index (κ3) is 6.54. The van der Waals surface area contributed by atoms with Gasteiger partial charge in [0.1, 0.15) is 16.5 Å². The van der Waals surface area contributed by atoms with E-state index in [0.717, 1.165) is 75.2 Å². The van der Waals surface area contributed by atoms with Gasteiger partial charge in [0.25, 0.3) is 0 Å². The van der Waals surface area contributed by atoms with Crippen LogP contribution < -0.4 is 4.90 Å². The molecule has 0 saturated carbocycles. The minimum absolute atomic E-state index is 0.257. The van der Waals surface area contributed by atoms with Crippen LogP contribution in [0.1, 0.15) is 44.9 Å². The number of anilines is 1. The van der Waals surface area contributed by atoms with Crippen LogP contribution in [0.25, 0.3) is 32.0 Å². The summed E-state index contributed by atoms with van der Waals surface area (Å²) in [6.07, 6.45) is 2.66. The zero-order valence-electron chi connectivity index (χ0n) is 24.4. The highest BCUT2D eigenvalue weighted by Crippen LogP contribution is 2.44. The van der Waals surface area contributed by atoms with Crippen LogP contribution in [0, 0.1) is 6.92 Å². The highest BCUT2D eigenvalue weighted by molar-refractivity contribution is 7.22. The minimum Gasteiger partial charge on any atom is -0.464 e. The Hall–Kier alpha value is -3.11. The van der Waals surface area contributed by atoms with E-state index in [2.05, 4.69) is 21.8 Å². The molecule has 2 aromatic carbocycles. The number of nitrogens with zero attached hydrogens (tertiary/aromatic N) is 5. The number of likely N-dealkylation sites (N-methyl/N-ethyl adjacent to an activating group) is 1. The van der Waals surface area contributed by atoms with Gasteiger partial charge in [-0.2, -0.15) is 0 Å². The Labute approximate surface area is 250 Å². The van der Waals surface area contributed by atoms with Crippen molar-refractivity contribution in [2.75, 3.05) is 44.7 Å². The first kappa shape index (κ1) is 29.4. The minimum atomic E-state index is -0.920. The molecular formula is C31H36ClN5O3S. The summed E-state index contributed by atoms with van der Waals surface area (Å²) in [5, 5.41) is 1.40. The zero-order chi connectivity index (χ0) is 29.3. The van der Waals surface area contributed by atoms with Crippen molar-refractivity contribution in [1.29, 1.82) is 0 Å². The van der Waals surface area contributed by atoms with Gasteiger partial charge in [-0.1, -0.05) is 23.7 Å². The van der Waals surface area contributed by atoms with Crippen molar-refractivity contribution in [1.82, 2.24) is 19.9 Å². The number of carbonyl (C=O) groups excluding carboxylic acids is 1. The number of halogens is 1. The lowest BCUT2D eigenvalue weighted by Gasteiger charge is -2.33. The zero-order valence-corrected chi connectivity index (χ0v) is 26.0. The normalized spacial score (nSPS) is 15.3. The fourth-order valence-electron chi connectivity index (χ4n) is 5.00. The topological polar surface area (TPSA) is 80.7 Å². The number of fused-ring (bicyclic) bond motifs is 1. The van der Waals surface area contributed by atoms with Crippen LogP contribution in [-0.2, 0) is 14.3 Å². The molecule has 5 rings (SSSR count). The van der Waals surface area contributed by atoms with E-state index in [-0.39, 0.29) is 6.61 Å². The molecule has 8 nitrogen and oxygen atoms in total. The quantitative estimate of drug-likeness (QED) is 0.223. The summed E-state index contributed by atoms with van der Waals surface area (Å²) in [5.41, 5.74) is 4.40. The van der Waals surface area contributed by atoms with Gasteiger partial charge in [0.15, 0.2) is 6.10 Å². The first-order valence-corrected chi connectivity index (χ1v) is 15.0. The van der Waals surface area contributed by atoms with Crippen LogP contribution >= 0.6 is 22.9 Å². The molecule has 216 valence electrons. The maximum absolute atomic E-state index is 13.4. The molecule has 0 amide bonds. The van der Waals surface area contributed by atoms with Gasteiger partial charge in [-0.3, -0.25) is 4.98 Å². The van der Waals surface area contributed by atoms with Gasteiger partial charge < -0.3 is 19.3 Å². The molecule has 1 saturated heterocycles. The Morgan fingerprint density at radius 1 is 1.10 bits per heavy atom. The van der Waals surface area contributed by atoms with Crippen molar-refractivity contribution in [3.63, 3.8) is 0 Å². The van der Waals surface area contributed by atoms with E-state index in [1.54, 1.807) is 13.1 Å². The van der Waals surface area contributed by atoms with Crippen molar-refractivity contribution in [2.24, 2.45) is 0 Å². The molecule has 0 spiro atoms.